The van der Waals surface area contributed by atoms with Crippen LogP contribution < -0.4 is 20.4 Å². The van der Waals surface area contributed by atoms with Gasteiger partial charge in [-0.1, -0.05) is 11.6 Å². The Labute approximate surface area is 159 Å². The van der Waals surface area contributed by atoms with E-state index in [1.165, 1.54) is 12.3 Å². The summed E-state index contributed by atoms with van der Waals surface area (Å²) in [5.41, 5.74) is -0.788. The number of nitrogens with one attached hydrogen (secondary N) is 2. The van der Waals surface area contributed by atoms with Crippen molar-refractivity contribution in [2.75, 3.05) is 48.6 Å². The summed E-state index contributed by atoms with van der Waals surface area (Å²) >= 11 is 5.57. The normalized spacial score (nSPS) is 11.1. The number of urea groups is 1. The average molecular weight is 403 g/mol. The van der Waals surface area contributed by atoms with E-state index in [9.17, 15) is 18.0 Å². The summed E-state index contributed by atoms with van der Waals surface area (Å²) in [5.74, 6) is 0.883. The zero-order chi connectivity index (χ0) is 20.4. The van der Waals surface area contributed by atoms with Crippen LogP contribution in [0, 0.1) is 0 Å². The highest BCUT2D eigenvalue weighted by molar-refractivity contribution is 6.31. The molecule has 146 valence electrons. The molecule has 0 bridgehead atoms. The van der Waals surface area contributed by atoms with Gasteiger partial charge in [-0.3, -0.25) is 0 Å². The number of alkyl halides is 3. The molecule has 2 amide bonds. The number of aromatic nitrogens is 2. The number of nitrogens with zero attached hydrogens (tertiary/aromatic N) is 4. The minimum atomic E-state index is -4.63. The first-order valence-corrected chi connectivity index (χ1v) is 8.03. The molecule has 0 saturated heterocycles. The fourth-order valence-corrected chi connectivity index (χ4v) is 2.34. The third kappa shape index (κ3) is 5.13. The standard InChI is InChI=1S/C16H18ClF3N6O/c1-25(2)13-12(8-21-14(24-13)26(3)4)23-15(27)22-9-5-6-11(17)10(7-9)16(18,19)20/h5-8H,1-4H3,(H2,22,23,27). The van der Waals surface area contributed by atoms with Crippen molar-refractivity contribution < 1.29 is 18.0 Å². The lowest BCUT2D eigenvalue weighted by Gasteiger charge is -2.19. The van der Waals surface area contributed by atoms with Gasteiger partial charge in [0.25, 0.3) is 0 Å². The molecule has 0 spiro atoms. The molecule has 0 saturated carbocycles. The van der Waals surface area contributed by atoms with Crippen LogP contribution in [0.2, 0.25) is 5.02 Å². The van der Waals surface area contributed by atoms with E-state index in [1.807, 2.05) is 0 Å². The molecule has 1 aromatic carbocycles. The maximum atomic E-state index is 12.9. The molecule has 7 nitrogen and oxygen atoms in total. The van der Waals surface area contributed by atoms with Crippen LogP contribution >= 0.6 is 11.6 Å². The number of rotatable bonds is 4. The van der Waals surface area contributed by atoms with E-state index in [0.29, 0.717) is 17.5 Å². The van der Waals surface area contributed by atoms with E-state index in [-0.39, 0.29) is 5.69 Å². The number of hydrogen-bond acceptors (Lipinski definition) is 5. The third-order valence-electron chi connectivity index (χ3n) is 3.36. The summed E-state index contributed by atoms with van der Waals surface area (Å²) in [4.78, 5) is 24.0. The fourth-order valence-electron chi connectivity index (χ4n) is 2.11. The van der Waals surface area contributed by atoms with E-state index in [1.54, 1.807) is 38.0 Å². The highest BCUT2D eigenvalue weighted by Gasteiger charge is 2.33. The van der Waals surface area contributed by atoms with Gasteiger partial charge >= 0.3 is 12.2 Å². The van der Waals surface area contributed by atoms with Gasteiger partial charge in [0.15, 0.2) is 5.82 Å². The van der Waals surface area contributed by atoms with Crippen LogP contribution in [0.25, 0.3) is 0 Å². The van der Waals surface area contributed by atoms with Gasteiger partial charge in [0.1, 0.15) is 5.69 Å². The van der Waals surface area contributed by atoms with Crippen molar-refractivity contribution in [3.05, 3.63) is 35.0 Å². The largest absolute Gasteiger partial charge is 0.417 e. The lowest BCUT2D eigenvalue weighted by atomic mass is 10.2. The predicted octanol–water partition coefficient (Wildman–Crippen LogP) is 3.92. The van der Waals surface area contributed by atoms with Crippen LogP contribution in [0.3, 0.4) is 0 Å². The van der Waals surface area contributed by atoms with Gasteiger partial charge in [0.2, 0.25) is 5.95 Å². The molecule has 2 N–H and O–H groups in total. The highest BCUT2D eigenvalue weighted by Crippen LogP contribution is 2.36. The third-order valence-corrected chi connectivity index (χ3v) is 3.69. The Morgan fingerprint density at radius 3 is 2.33 bits per heavy atom. The van der Waals surface area contributed by atoms with E-state index in [4.69, 9.17) is 11.6 Å². The number of carbonyl (C=O) groups is 1. The Balaban J connectivity index is 2.21. The number of amides is 2. The lowest BCUT2D eigenvalue weighted by molar-refractivity contribution is -0.137. The maximum absolute atomic E-state index is 12.9. The summed E-state index contributed by atoms with van der Waals surface area (Å²) in [5, 5.41) is 4.42. The Morgan fingerprint density at radius 1 is 1.11 bits per heavy atom. The summed E-state index contributed by atoms with van der Waals surface area (Å²) in [6.07, 6.45) is -3.21. The summed E-state index contributed by atoms with van der Waals surface area (Å²) in [6.45, 7) is 0. The Hall–Kier alpha value is -2.75. The Bertz CT molecular complexity index is 841. The molecule has 2 rings (SSSR count). The fraction of sp³-hybridized carbons (Fsp3) is 0.312. The van der Waals surface area contributed by atoms with Gasteiger partial charge in [-0.15, -0.1) is 0 Å². The van der Waals surface area contributed by atoms with Gasteiger partial charge in [-0.2, -0.15) is 18.2 Å². The van der Waals surface area contributed by atoms with Crippen molar-refractivity contribution in [1.29, 1.82) is 0 Å². The monoisotopic (exact) mass is 402 g/mol. The molecular weight excluding hydrogens is 385 g/mol. The first-order chi connectivity index (χ1) is 12.5. The summed E-state index contributed by atoms with van der Waals surface area (Å²) < 4.78 is 38.8. The van der Waals surface area contributed by atoms with E-state index >= 15 is 0 Å². The van der Waals surface area contributed by atoms with Gasteiger partial charge in [-0.25, -0.2) is 9.78 Å². The van der Waals surface area contributed by atoms with Crippen molar-refractivity contribution in [2.24, 2.45) is 0 Å². The van der Waals surface area contributed by atoms with Crippen molar-refractivity contribution in [1.82, 2.24) is 9.97 Å². The molecular formula is C16H18ClF3N6O. The van der Waals surface area contributed by atoms with Crippen LogP contribution in [0.15, 0.2) is 24.4 Å². The van der Waals surface area contributed by atoms with Crippen molar-refractivity contribution >= 4 is 40.8 Å². The molecule has 2 aromatic rings. The molecule has 27 heavy (non-hydrogen) atoms. The molecule has 0 aliphatic heterocycles. The van der Waals surface area contributed by atoms with Crippen molar-refractivity contribution in [2.45, 2.75) is 6.18 Å². The van der Waals surface area contributed by atoms with Gasteiger partial charge in [0, 0.05) is 33.9 Å². The topological polar surface area (TPSA) is 73.4 Å². The zero-order valence-electron chi connectivity index (χ0n) is 15.0. The molecule has 1 heterocycles. The SMILES string of the molecule is CN(C)c1ncc(NC(=O)Nc2ccc(Cl)c(C(F)(F)F)c2)c(N(C)C)n1. The minimum absolute atomic E-state index is 0.0542. The Kier molecular flexibility index (Phi) is 5.99. The van der Waals surface area contributed by atoms with Crippen molar-refractivity contribution in [3.8, 4) is 0 Å². The minimum Gasteiger partial charge on any atom is -0.361 e. The first kappa shape index (κ1) is 20.6. The van der Waals surface area contributed by atoms with Crippen LogP contribution in [0.5, 0.6) is 0 Å². The predicted molar refractivity (Wildman–Crippen MR) is 99.8 cm³/mol. The molecule has 11 heteroatoms. The second kappa shape index (κ2) is 7.87. The van der Waals surface area contributed by atoms with Crippen LogP contribution in [-0.2, 0) is 6.18 Å². The summed E-state index contributed by atoms with van der Waals surface area (Å²) in [7, 11) is 7.01. The van der Waals surface area contributed by atoms with Crippen molar-refractivity contribution in [3.63, 3.8) is 0 Å². The summed E-state index contributed by atoms with van der Waals surface area (Å²) in [6, 6.07) is 2.37. The number of anilines is 4. The molecule has 0 atom stereocenters. The van der Waals surface area contributed by atoms with Gasteiger partial charge in [-0.05, 0) is 18.2 Å². The van der Waals surface area contributed by atoms with E-state index < -0.39 is 22.8 Å². The Morgan fingerprint density at radius 2 is 1.78 bits per heavy atom. The van der Waals surface area contributed by atoms with E-state index in [0.717, 1.165) is 12.1 Å². The number of hydrogen-bond donors (Lipinski definition) is 2. The number of halogens is 4. The number of carbonyl (C=O) groups excluding carboxylic acids is 1. The van der Waals surface area contributed by atoms with Crippen LogP contribution in [-0.4, -0.2) is 44.2 Å². The molecule has 0 unspecified atom stereocenters. The quantitative estimate of drug-likeness (QED) is 0.810. The smallest absolute Gasteiger partial charge is 0.361 e. The average Bonchev–Trinajstić information content (AvgIpc) is 2.55. The molecule has 0 radical (unpaired) electrons. The highest BCUT2D eigenvalue weighted by atomic mass is 35.5. The zero-order valence-corrected chi connectivity index (χ0v) is 15.8. The van der Waals surface area contributed by atoms with Gasteiger partial charge < -0.3 is 20.4 Å². The van der Waals surface area contributed by atoms with Crippen LogP contribution in [0.1, 0.15) is 5.56 Å². The second-order valence-corrected chi connectivity index (χ2v) is 6.37. The first-order valence-electron chi connectivity index (χ1n) is 7.65. The van der Waals surface area contributed by atoms with Crippen LogP contribution in [0.4, 0.5) is 41.1 Å². The molecule has 0 aliphatic rings. The second-order valence-electron chi connectivity index (χ2n) is 5.97. The maximum Gasteiger partial charge on any atom is 0.417 e. The molecule has 0 aliphatic carbocycles. The van der Waals surface area contributed by atoms with E-state index in [2.05, 4.69) is 20.6 Å². The number of benzene rings is 1. The molecule has 1 aromatic heterocycles. The molecule has 0 fully saturated rings. The lowest BCUT2D eigenvalue weighted by Crippen LogP contribution is -2.24. The van der Waals surface area contributed by atoms with Gasteiger partial charge in [0.05, 0.1) is 16.8 Å².